The minimum atomic E-state index is -0.0152. The number of hydrogen-bond donors (Lipinski definition) is 1. The van der Waals surface area contributed by atoms with Crippen LogP contribution in [0.3, 0.4) is 0 Å². The molecule has 0 radical (unpaired) electrons. The molecule has 0 saturated carbocycles. The normalized spacial score (nSPS) is 11.8. The van der Waals surface area contributed by atoms with Crippen LogP contribution in [0.25, 0.3) is 11.4 Å². The second-order valence-electron chi connectivity index (χ2n) is 6.56. The number of methoxy groups -OCH3 is 1. The number of ether oxygens (including phenoxy) is 1. The summed E-state index contributed by atoms with van der Waals surface area (Å²) in [5.74, 6) is 2.03. The van der Waals surface area contributed by atoms with E-state index in [0.29, 0.717) is 37.0 Å². The molecule has 1 aromatic heterocycles. The van der Waals surface area contributed by atoms with Gasteiger partial charge in [-0.05, 0) is 36.2 Å². The van der Waals surface area contributed by atoms with Gasteiger partial charge in [0.2, 0.25) is 17.6 Å². The first-order valence-corrected chi connectivity index (χ1v) is 9.48. The Morgan fingerprint density at radius 1 is 1.14 bits per heavy atom. The number of carbonyl (C=O) groups is 1. The maximum Gasteiger partial charge on any atom is 0.227 e. The molecule has 0 aliphatic carbocycles. The van der Waals surface area contributed by atoms with E-state index >= 15 is 0 Å². The molecule has 1 heterocycles. The molecule has 0 aliphatic heterocycles. The van der Waals surface area contributed by atoms with Gasteiger partial charge in [0.25, 0.3) is 0 Å². The Balaban J connectivity index is 1.48. The monoisotopic (exact) mass is 379 g/mol. The highest BCUT2D eigenvalue weighted by Crippen LogP contribution is 2.20. The Hall–Kier alpha value is -3.15. The molecule has 1 atom stereocenters. The quantitative estimate of drug-likeness (QED) is 0.608. The summed E-state index contributed by atoms with van der Waals surface area (Å²) in [6, 6.07) is 17.7. The SMILES string of the molecule is CC[C@@H](CNC(=O)CCc1nc(-c2ccc(OC)cc2)no1)c1ccccc1. The van der Waals surface area contributed by atoms with Crippen molar-refractivity contribution in [3.05, 3.63) is 66.1 Å². The smallest absolute Gasteiger partial charge is 0.227 e. The zero-order valence-corrected chi connectivity index (χ0v) is 16.2. The molecule has 28 heavy (non-hydrogen) atoms. The highest BCUT2D eigenvalue weighted by molar-refractivity contribution is 5.76. The van der Waals surface area contributed by atoms with Gasteiger partial charge in [0.15, 0.2) is 0 Å². The van der Waals surface area contributed by atoms with Crippen LogP contribution >= 0.6 is 0 Å². The predicted octanol–water partition coefficient (Wildman–Crippen LogP) is 3.99. The number of amides is 1. The molecule has 0 spiro atoms. The van der Waals surface area contributed by atoms with E-state index in [1.807, 2.05) is 42.5 Å². The van der Waals surface area contributed by atoms with Gasteiger partial charge < -0.3 is 14.6 Å². The van der Waals surface area contributed by atoms with Crippen molar-refractivity contribution in [1.82, 2.24) is 15.5 Å². The molecule has 6 heteroatoms. The maximum atomic E-state index is 12.2. The van der Waals surface area contributed by atoms with Crippen LogP contribution in [0, 0.1) is 0 Å². The van der Waals surface area contributed by atoms with Crippen molar-refractivity contribution in [1.29, 1.82) is 0 Å². The molecule has 1 N–H and O–H groups in total. The lowest BCUT2D eigenvalue weighted by atomic mass is 9.96. The first kappa shape index (κ1) is 19.6. The van der Waals surface area contributed by atoms with Crippen molar-refractivity contribution in [3.8, 4) is 17.1 Å². The number of aryl methyl sites for hydroxylation is 1. The van der Waals surface area contributed by atoms with Gasteiger partial charge in [-0.3, -0.25) is 4.79 Å². The predicted molar refractivity (Wildman–Crippen MR) is 107 cm³/mol. The van der Waals surface area contributed by atoms with Gasteiger partial charge in [-0.15, -0.1) is 0 Å². The summed E-state index contributed by atoms with van der Waals surface area (Å²) in [4.78, 5) is 16.6. The summed E-state index contributed by atoms with van der Waals surface area (Å²) in [6.45, 7) is 2.75. The minimum Gasteiger partial charge on any atom is -0.497 e. The highest BCUT2D eigenvalue weighted by Gasteiger charge is 2.13. The van der Waals surface area contributed by atoms with E-state index in [2.05, 4.69) is 34.5 Å². The summed E-state index contributed by atoms with van der Waals surface area (Å²) in [7, 11) is 1.62. The second kappa shape index (κ2) is 9.69. The third kappa shape index (κ3) is 5.19. The largest absolute Gasteiger partial charge is 0.497 e. The van der Waals surface area contributed by atoms with E-state index in [9.17, 15) is 4.79 Å². The number of nitrogens with zero attached hydrogens (tertiary/aromatic N) is 2. The van der Waals surface area contributed by atoms with Crippen LogP contribution in [0.5, 0.6) is 5.75 Å². The second-order valence-corrected chi connectivity index (χ2v) is 6.56. The number of nitrogens with one attached hydrogen (secondary N) is 1. The third-order valence-electron chi connectivity index (χ3n) is 4.69. The Morgan fingerprint density at radius 2 is 1.89 bits per heavy atom. The van der Waals surface area contributed by atoms with Crippen molar-refractivity contribution in [2.45, 2.75) is 32.1 Å². The minimum absolute atomic E-state index is 0.0152. The van der Waals surface area contributed by atoms with Crippen LogP contribution in [-0.2, 0) is 11.2 Å². The van der Waals surface area contributed by atoms with Crippen molar-refractivity contribution in [2.75, 3.05) is 13.7 Å². The van der Waals surface area contributed by atoms with Gasteiger partial charge >= 0.3 is 0 Å². The van der Waals surface area contributed by atoms with Crippen LogP contribution in [0.1, 0.15) is 37.1 Å². The van der Waals surface area contributed by atoms with Gasteiger partial charge in [0.05, 0.1) is 7.11 Å². The molecule has 146 valence electrons. The van der Waals surface area contributed by atoms with Crippen molar-refractivity contribution in [2.24, 2.45) is 0 Å². The van der Waals surface area contributed by atoms with Gasteiger partial charge in [-0.1, -0.05) is 42.4 Å². The van der Waals surface area contributed by atoms with Gasteiger partial charge in [-0.2, -0.15) is 4.98 Å². The molecule has 3 aromatic rings. The molecule has 0 fully saturated rings. The number of hydrogen-bond acceptors (Lipinski definition) is 5. The molecule has 6 nitrogen and oxygen atoms in total. The van der Waals surface area contributed by atoms with Crippen LogP contribution in [0.15, 0.2) is 59.1 Å². The number of rotatable bonds is 9. The summed E-state index contributed by atoms with van der Waals surface area (Å²) < 4.78 is 10.4. The van der Waals surface area contributed by atoms with Crippen LogP contribution in [0.2, 0.25) is 0 Å². The Kier molecular flexibility index (Phi) is 6.78. The molecule has 1 amide bonds. The lowest BCUT2D eigenvalue weighted by molar-refractivity contribution is -0.121. The molecule has 0 saturated heterocycles. The molecule has 3 rings (SSSR count). The van der Waals surface area contributed by atoms with E-state index in [0.717, 1.165) is 17.7 Å². The van der Waals surface area contributed by atoms with E-state index in [1.54, 1.807) is 7.11 Å². The number of aromatic nitrogens is 2. The van der Waals surface area contributed by atoms with Crippen LogP contribution in [-0.4, -0.2) is 29.7 Å². The van der Waals surface area contributed by atoms with Crippen molar-refractivity contribution >= 4 is 5.91 Å². The lowest BCUT2D eigenvalue weighted by Crippen LogP contribution is -2.28. The van der Waals surface area contributed by atoms with E-state index in [1.165, 1.54) is 5.56 Å². The van der Waals surface area contributed by atoms with E-state index in [4.69, 9.17) is 9.26 Å². The fraction of sp³-hybridized carbons (Fsp3) is 0.318. The third-order valence-corrected chi connectivity index (χ3v) is 4.69. The molecular formula is C22H25N3O3. The van der Waals surface area contributed by atoms with E-state index in [-0.39, 0.29) is 5.91 Å². The highest BCUT2D eigenvalue weighted by atomic mass is 16.5. The zero-order chi connectivity index (χ0) is 19.8. The topological polar surface area (TPSA) is 77.2 Å². The lowest BCUT2D eigenvalue weighted by Gasteiger charge is -2.16. The molecule has 0 aliphatic rings. The van der Waals surface area contributed by atoms with Gasteiger partial charge in [-0.25, -0.2) is 0 Å². The number of carbonyl (C=O) groups excluding carboxylic acids is 1. The Bertz CT molecular complexity index is 876. The number of benzene rings is 2. The summed E-state index contributed by atoms with van der Waals surface area (Å²) >= 11 is 0. The molecular weight excluding hydrogens is 354 g/mol. The van der Waals surface area contributed by atoms with Gasteiger partial charge in [0, 0.05) is 30.9 Å². The zero-order valence-electron chi connectivity index (χ0n) is 16.2. The Morgan fingerprint density at radius 3 is 2.57 bits per heavy atom. The van der Waals surface area contributed by atoms with Crippen molar-refractivity contribution in [3.63, 3.8) is 0 Å². The fourth-order valence-electron chi connectivity index (χ4n) is 2.98. The van der Waals surface area contributed by atoms with Crippen molar-refractivity contribution < 1.29 is 14.1 Å². The molecule has 2 aromatic carbocycles. The first-order valence-electron chi connectivity index (χ1n) is 9.48. The Labute approximate surface area is 164 Å². The molecule has 0 unspecified atom stereocenters. The van der Waals surface area contributed by atoms with Gasteiger partial charge in [0.1, 0.15) is 5.75 Å². The average Bonchev–Trinajstić information content (AvgIpc) is 3.22. The standard InChI is InChI=1S/C22H25N3O3/c1-3-16(17-7-5-4-6-8-17)15-23-20(26)13-14-21-24-22(25-28-21)18-9-11-19(27-2)12-10-18/h4-12,16H,3,13-15H2,1-2H3,(H,23,26)/t16-/m0/s1. The maximum absolute atomic E-state index is 12.2. The molecule has 0 bridgehead atoms. The average molecular weight is 379 g/mol. The summed E-state index contributed by atoms with van der Waals surface area (Å²) in [5, 5.41) is 7.00. The summed E-state index contributed by atoms with van der Waals surface area (Å²) in [5.41, 5.74) is 2.08. The summed E-state index contributed by atoms with van der Waals surface area (Å²) in [6.07, 6.45) is 1.70. The fourth-order valence-corrected chi connectivity index (χ4v) is 2.98. The van der Waals surface area contributed by atoms with E-state index < -0.39 is 0 Å². The first-order chi connectivity index (χ1) is 13.7. The van der Waals surface area contributed by atoms with Crippen LogP contribution in [0.4, 0.5) is 0 Å². The van der Waals surface area contributed by atoms with Crippen LogP contribution < -0.4 is 10.1 Å².